The summed E-state index contributed by atoms with van der Waals surface area (Å²) in [5.74, 6) is -0.0741. The zero-order valence-corrected chi connectivity index (χ0v) is 9.05. The number of carbonyl (C=O) groups excluding carboxylic acids is 1. The standard InChI is InChI=1S/C10H19NO2/c1-6(11)7-8(12)10(4,5)13-9(7,2)3/h6-7H,11H2,1-5H3. The van der Waals surface area contributed by atoms with Gasteiger partial charge >= 0.3 is 0 Å². The highest BCUT2D eigenvalue weighted by Crippen LogP contribution is 2.40. The van der Waals surface area contributed by atoms with E-state index in [2.05, 4.69) is 0 Å². The Labute approximate surface area is 79.6 Å². The number of hydrogen-bond acceptors (Lipinski definition) is 3. The Hall–Kier alpha value is -0.410. The number of Topliss-reactive ketones (excluding diaryl/α,β-unsaturated/α-hetero) is 1. The minimum Gasteiger partial charge on any atom is -0.361 e. The van der Waals surface area contributed by atoms with Crippen LogP contribution in [0.15, 0.2) is 0 Å². The summed E-state index contributed by atoms with van der Waals surface area (Å²) in [5.41, 5.74) is 4.67. The van der Waals surface area contributed by atoms with Crippen molar-refractivity contribution in [1.29, 1.82) is 0 Å². The quantitative estimate of drug-likeness (QED) is 0.665. The first kappa shape index (κ1) is 10.7. The lowest BCUT2D eigenvalue weighted by Gasteiger charge is -2.27. The van der Waals surface area contributed by atoms with Gasteiger partial charge in [-0.3, -0.25) is 4.79 Å². The van der Waals surface area contributed by atoms with Crippen molar-refractivity contribution < 1.29 is 9.53 Å². The van der Waals surface area contributed by atoms with Gasteiger partial charge in [-0.25, -0.2) is 0 Å². The molecule has 1 aliphatic rings. The van der Waals surface area contributed by atoms with E-state index >= 15 is 0 Å². The van der Waals surface area contributed by atoms with E-state index in [0.29, 0.717) is 0 Å². The fraction of sp³-hybridized carbons (Fsp3) is 0.900. The average Bonchev–Trinajstić information content (AvgIpc) is 1.96. The normalized spacial score (nSPS) is 33.4. The molecule has 0 aromatic heterocycles. The molecule has 0 spiro atoms. The predicted octanol–water partition coefficient (Wildman–Crippen LogP) is 1.11. The molecule has 1 saturated heterocycles. The van der Waals surface area contributed by atoms with Crippen molar-refractivity contribution in [2.75, 3.05) is 0 Å². The third-order valence-electron chi connectivity index (χ3n) is 2.67. The summed E-state index contributed by atoms with van der Waals surface area (Å²) < 4.78 is 5.69. The number of hydrogen-bond donors (Lipinski definition) is 1. The van der Waals surface area contributed by atoms with Gasteiger partial charge in [0, 0.05) is 6.04 Å². The number of rotatable bonds is 1. The van der Waals surface area contributed by atoms with Gasteiger partial charge in [0.25, 0.3) is 0 Å². The molecular weight excluding hydrogens is 166 g/mol. The highest BCUT2D eigenvalue weighted by atomic mass is 16.5. The zero-order valence-electron chi connectivity index (χ0n) is 9.05. The molecule has 0 saturated carbocycles. The van der Waals surface area contributed by atoms with Crippen LogP contribution in [0.2, 0.25) is 0 Å². The van der Waals surface area contributed by atoms with Crippen LogP contribution in [0.1, 0.15) is 34.6 Å². The molecule has 1 aliphatic heterocycles. The fourth-order valence-electron chi connectivity index (χ4n) is 2.33. The molecule has 0 aliphatic carbocycles. The topological polar surface area (TPSA) is 52.3 Å². The Balaban J connectivity index is 3.02. The summed E-state index contributed by atoms with van der Waals surface area (Å²) in [5, 5.41) is 0. The van der Waals surface area contributed by atoms with Crippen molar-refractivity contribution in [1.82, 2.24) is 0 Å². The number of ketones is 1. The number of nitrogens with two attached hydrogens (primary N) is 1. The second-order valence-electron chi connectivity index (χ2n) is 4.92. The summed E-state index contributed by atoms with van der Waals surface area (Å²) >= 11 is 0. The van der Waals surface area contributed by atoms with Crippen LogP contribution in [0, 0.1) is 5.92 Å². The van der Waals surface area contributed by atoms with Crippen molar-refractivity contribution in [2.24, 2.45) is 11.7 Å². The number of ether oxygens (including phenoxy) is 1. The van der Waals surface area contributed by atoms with Gasteiger partial charge in [0.1, 0.15) is 5.60 Å². The highest BCUT2D eigenvalue weighted by molar-refractivity contribution is 5.92. The first-order valence-electron chi connectivity index (χ1n) is 4.68. The number of carbonyl (C=O) groups is 1. The van der Waals surface area contributed by atoms with Crippen LogP contribution in [0.25, 0.3) is 0 Å². The van der Waals surface area contributed by atoms with Crippen molar-refractivity contribution in [2.45, 2.75) is 51.9 Å². The monoisotopic (exact) mass is 185 g/mol. The average molecular weight is 185 g/mol. The Morgan fingerprint density at radius 1 is 1.38 bits per heavy atom. The Morgan fingerprint density at radius 2 is 1.85 bits per heavy atom. The molecule has 1 fully saturated rings. The van der Waals surface area contributed by atoms with Crippen molar-refractivity contribution in [3.63, 3.8) is 0 Å². The highest BCUT2D eigenvalue weighted by Gasteiger charge is 2.54. The predicted molar refractivity (Wildman–Crippen MR) is 51.4 cm³/mol. The smallest absolute Gasteiger partial charge is 0.171 e. The van der Waals surface area contributed by atoms with Gasteiger partial charge in [-0.1, -0.05) is 0 Å². The first-order chi connectivity index (χ1) is 5.68. The Morgan fingerprint density at radius 3 is 2.00 bits per heavy atom. The van der Waals surface area contributed by atoms with E-state index in [1.165, 1.54) is 0 Å². The lowest BCUT2D eigenvalue weighted by atomic mass is 9.81. The molecule has 1 rings (SSSR count). The van der Waals surface area contributed by atoms with E-state index < -0.39 is 11.2 Å². The molecule has 1 heterocycles. The molecule has 0 bridgehead atoms. The molecule has 13 heavy (non-hydrogen) atoms. The second-order valence-corrected chi connectivity index (χ2v) is 4.92. The summed E-state index contributed by atoms with van der Waals surface area (Å²) in [6, 6.07) is -0.149. The summed E-state index contributed by atoms with van der Waals surface area (Å²) in [7, 11) is 0. The molecule has 2 unspecified atom stereocenters. The molecule has 3 nitrogen and oxygen atoms in total. The SMILES string of the molecule is CC(N)C1C(=O)C(C)(C)OC1(C)C. The van der Waals surface area contributed by atoms with Gasteiger partial charge in [0.2, 0.25) is 0 Å². The van der Waals surface area contributed by atoms with Crippen LogP contribution in [-0.4, -0.2) is 23.0 Å². The van der Waals surface area contributed by atoms with Crippen LogP contribution in [0.4, 0.5) is 0 Å². The molecular formula is C10H19NO2. The minimum absolute atomic E-state index is 0.118. The van der Waals surface area contributed by atoms with Crippen LogP contribution >= 0.6 is 0 Å². The van der Waals surface area contributed by atoms with Gasteiger partial charge in [-0.2, -0.15) is 0 Å². The van der Waals surface area contributed by atoms with E-state index in [1.807, 2.05) is 20.8 Å². The van der Waals surface area contributed by atoms with Gasteiger partial charge in [0.15, 0.2) is 5.78 Å². The molecule has 0 radical (unpaired) electrons. The van der Waals surface area contributed by atoms with Crippen LogP contribution < -0.4 is 5.73 Å². The Bertz CT molecular complexity index is 231. The van der Waals surface area contributed by atoms with Crippen molar-refractivity contribution >= 4 is 5.78 Å². The van der Waals surface area contributed by atoms with E-state index in [1.54, 1.807) is 13.8 Å². The molecule has 0 aromatic rings. The van der Waals surface area contributed by atoms with Crippen LogP contribution in [-0.2, 0) is 9.53 Å². The largest absolute Gasteiger partial charge is 0.361 e. The van der Waals surface area contributed by atoms with Crippen LogP contribution in [0.3, 0.4) is 0 Å². The van der Waals surface area contributed by atoms with Gasteiger partial charge < -0.3 is 10.5 Å². The lowest BCUT2D eigenvalue weighted by molar-refractivity contribution is -0.132. The second kappa shape index (κ2) is 2.79. The van der Waals surface area contributed by atoms with E-state index in [0.717, 1.165) is 0 Å². The van der Waals surface area contributed by atoms with E-state index in [9.17, 15) is 4.79 Å². The molecule has 3 heteroatoms. The maximum atomic E-state index is 11.9. The van der Waals surface area contributed by atoms with Gasteiger partial charge in [0.05, 0.1) is 11.5 Å². The third kappa shape index (κ3) is 1.63. The minimum atomic E-state index is -0.679. The van der Waals surface area contributed by atoms with Gasteiger partial charge in [-0.15, -0.1) is 0 Å². The molecule has 76 valence electrons. The first-order valence-corrected chi connectivity index (χ1v) is 4.68. The summed E-state index contributed by atoms with van der Waals surface area (Å²) in [4.78, 5) is 11.9. The molecule has 0 amide bonds. The van der Waals surface area contributed by atoms with E-state index in [4.69, 9.17) is 10.5 Å². The summed E-state index contributed by atoms with van der Waals surface area (Å²) in [6.07, 6.45) is 0. The van der Waals surface area contributed by atoms with Crippen LogP contribution in [0.5, 0.6) is 0 Å². The maximum Gasteiger partial charge on any atom is 0.171 e. The zero-order chi connectivity index (χ0) is 10.4. The van der Waals surface area contributed by atoms with E-state index in [-0.39, 0.29) is 17.7 Å². The van der Waals surface area contributed by atoms with Crippen molar-refractivity contribution in [3.05, 3.63) is 0 Å². The maximum absolute atomic E-state index is 11.9. The van der Waals surface area contributed by atoms with Gasteiger partial charge in [-0.05, 0) is 34.6 Å². The molecule has 0 aromatic carbocycles. The fourth-order valence-corrected chi connectivity index (χ4v) is 2.33. The third-order valence-corrected chi connectivity index (χ3v) is 2.67. The Kier molecular flexibility index (Phi) is 2.29. The lowest BCUT2D eigenvalue weighted by Crippen LogP contribution is -2.42. The molecule has 2 N–H and O–H groups in total. The van der Waals surface area contributed by atoms with Crippen molar-refractivity contribution in [3.8, 4) is 0 Å². The molecule has 2 atom stereocenters. The summed E-state index contributed by atoms with van der Waals surface area (Å²) in [6.45, 7) is 9.31.